The first-order valence-corrected chi connectivity index (χ1v) is 6.86. The second-order valence-electron chi connectivity index (χ2n) is 3.81. The van der Waals surface area contributed by atoms with Gasteiger partial charge in [-0.2, -0.15) is 0 Å². The number of urea groups is 1. The highest BCUT2D eigenvalue weighted by atomic mass is 32.2. The van der Waals surface area contributed by atoms with Crippen molar-refractivity contribution in [1.82, 2.24) is 10.2 Å². The molecule has 1 aliphatic rings. The summed E-state index contributed by atoms with van der Waals surface area (Å²) in [6.45, 7) is 2.15. The first-order valence-electron chi connectivity index (χ1n) is 5.64. The Bertz CT molecular complexity index is 508. The summed E-state index contributed by atoms with van der Waals surface area (Å²) in [5, 5.41) is 2.58. The molecule has 18 heavy (non-hydrogen) atoms. The quantitative estimate of drug-likeness (QED) is 0.516. The van der Waals surface area contributed by atoms with E-state index in [4.69, 9.17) is 0 Å². The lowest BCUT2D eigenvalue weighted by atomic mass is 10.2. The maximum Gasteiger partial charge on any atom is 0.328 e. The lowest BCUT2D eigenvalue weighted by molar-refractivity contribution is -0.122. The second-order valence-corrected chi connectivity index (χ2v) is 4.69. The molecule has 0 aliphatic carbocycles. The molecule has 0 unspecified atom stereocenters. The van der Waals surface area contributed by atoms with E-state index in [1.807, 2.05) is 30.5 Å². The average Bonchev–Trinajstić information content (AvgIpc) is 2.65. The first-order chi connectivity index (χ1) is 8.65. The number of amides is 3. The Balaban J connectivity index is 2.23. The van der Waals surface area contributed by atoms with Crippen LogP contribution in [0.2, 0.25) is 0 Å². The second kappa shape index (κ2) is 5.27. The summed E-state index contributed by atoms with van der Waals surface area (Å²) < 4.78 is 0. The summed E-state index contributed by atoms with van der Waals surface area (Å²) in [5.74, 6) is -0.267. The Kier molecular flexibility index (Phi) is 3.72. The van der Waals surface area contributed by atoms with Crippen molar-refractivity contribution in [3.8, 4) is 0 Å². The van der Waals surface area contributed by atoms with E-state index in [0.29, 0.717) is 12.2 Å². The summed E-state index contributed by atoms with van der Waals surface area (Å²) in [7, 11) is 0. The van der Waals surface area contributed by atoms with Crippen molar-refractivity contribution in [2.24, 2.45) is 0 Å². The highest BCUT2D eigenvalue weighted by molar-refractivity contribution is 7.98. The molecule has 0 spiro atoms. The number of carbonyl (C=O) groups excluding carboxylic acids is 2. The molecule has 0 bridgehead atoms. The molecular formula is C13H14N2O2S. The zero-order valence-electron chi connectivity index (χ0n) is 10.3. The van der Waals surface area contributed by atoms with Gasteiger partial charge in [-0.05, 0) is 37.0 Å². The van der Waals surface area contributed by atoms with Crippen LogP contribution < -0.4 is 5.32 Å². The molecule has 1 aliphatic heterocycles. The van der Waals surface area contributed by atoms with Gasteiger partial charge in [0.25, 0.3) is 5.91 Å². The number of imide groups is 1. The largest absolute Gasteiger partial charge is 0.328 e. The van der Waals surface area contributed by atoms with E-state index >= 15 is 0 Å². The van der Waals surface area contributed by atoms with Crippen LogP contribution in [-0.2, 0) is 4.79 Å². The minimum atomic E-state index is -0.352. The molecule has 0 aromatic heterocycles. The summed E-state index contributed by atoms with van der Waals surface area (Å²) in [5.41, 5.74) is 1.23. The standard InChI is InChI=1S/C13H14N2O2S/c1-3-15-12(16)11(14-13(15)17)8-9-4-6-10(18-2)7-5-9/h4-8H,3H2,1-2H3,(H,14,17)/b11-8+. The lowest BCUT2D eigenvalue weighted by Crippen LogP contribution is -2.30. The fourth-order valence-corrected chi connectivity index (χ4v) is 2.13. The molecule has 2 rings (SSSR count). The normalized spacial score (nSPS) is 17.4. The smallest absolute Gasteiger partial charge is 0.303 e. The van der Waals surface area contributed by atoms with Crippen molar-refractivity contribution < 1.29 is 9.59 Å². The van der Waals surface area contributed by atoms with E-state index in [0.717, 1.165) is 10.5 Å². The van der Waals surface area contributed by atoms with Crippen molar-refractivity contribution in [3.63, 3.8) is 0 Å². The minimum Gasteiger partial charge on any atom is -0.303 e. The van der Waals surface area contributed by atoms with Crippen LogP contribution in [-0.4, -0.2) is 29.6 Å². The molecule has 0 radical (unpaired) electrons. The summed E-state index contributed by atoms with van der Waals surface area (Å²) in [6, 6.07) is 7.46. The Morgan fingerprint density at radius 3 is 2.44 bits per heavy atom. The van der Waals surface area contributed by atoms with Crippen molar-refractivity contribution in [2.45, 2.75) is 11.8 Å². The molecule has 3 amide bonds. The highest BCUT2D eigenvalue weighted by Gasteiger charge is 2.31. The fraction of sp³-hybridized carbons (Fsp3) is 0.231. The van der Waals surface area contributed by atoms with Gasteiger partial charge in [0.1, 0.15) is 5.70 Å². The predicted molar refractivity (Wildman–Crippen MR) is 72.1 cm³/mol. The molecule has 1 saturated heterocycles. The van der Waals surface area contributed by atoms with Gasteiger partial charge >= 0.3 is 6.03 Å². The van der Waals surface area contributed by atoms with Gasteiger partial charge in [0.15, 0.2) is 0 Å². The summed E-state index contributed by atoms with van der Waals surface area (Å²) in [6.07, 6.45) is 3.70. The van der Waals surface area contributed by atoms with Crippen molar-refractivity contribution in [1.29, 1.82) is 0 Å². The Labute approximate surface area is 110 Å². The number of hydrogen-bond acceptors (Lipinski definition) is 3. The molecule has 5 heteroatoms. The van der Waals surface area contributed by atoms with E-state index < -0.39 is 0 Å². The van der Waals surface area contributed by atoms with Crippen LogP contribution in [0, 0.1) is 0 Å². The van der Waals surface area contributed by atoms with Crippen LogP contribution in [0.1, 0.15) is 12.5 Å². The number of hydrogen-bond donors (Lipinski definition) is 1. The van der Waals surface area contributed by atoms with Crippen LogP contribution in [0.25, 0.3) is 6.08 Å². The number of likely N-dealkylation sites (N-methyl/N-ethyl adjacent to an activating group) is 1. The topological polar surface area (TPSA) is 49.4 Å². The van der Waals surface area contributed by atoms with E-state index in [1.54, 1.807) is 24.8 Å². The van der Waals surface area contributed by atoms with Crippen molar-refractivity contribution >= 4 is 29.8 Å². The molecule has 0 atom stereocenters. The number of rotatable bonds is 3. The zero-order valence-corrected chi connectivity index (χ0v) is 11.1. The predicted octanol–water partition coefficient (Wildman–Crippen LogP) is 2.32. The maximum absolute atomic E-state index is 11.8. The van der Waals surface area contributed by atoms with Gasteiger partial charge in [-0.1, -0.05) is 12.1 Å². The van der Waals surface area contributed by atoms with Crippen LogP contribution in [0.3, 0.4) is 0 Å². The molecule has 1 fully saturated rings. The number of nitrogens with one attached hydrogen (secondary N) is 1. The van der Waals surface area contributed by atoms with E-state index in [-0.39, 0.29) is 11.9 Å². The molecule has 1 heterocycles. The number of carbonyl (C=O) groups is 2. The molecule has 1 N–H and O–H groups in total. The molecule has 94 valence electrons. The third-order valence-electron chi connectivity index (χ3n) is 2.71. The maximum atomic E-state index is 11.8. The fourth-order valence-electron chi connectivity index (χ4n) is 1.73. The van der Waals surface area contributed by atoms with Crippen LogP contribution in [0.4, 0.5) is 4.79 Å². The number of benzene rings is 1. The Morgan fingerprint density at radius 1 is 1.28 bits per heavy atom. The lowest BCUT2D eigenvalue weighted by Gasteiger charge is -2.06. The van der Waals surface area contributed by atoms with Crippen LogP contribution in [0.15, 0.2) is 34.9 Å². The van der Waals surface area contributed by atoms with Gasteiger partial charge in [-0.3, -0.25) is 9.69 Å². The third kappa shape index (κ3) is 2.41. The molecule has 4 nitrogen and oxygen atoms in total. The van der Waals surface area contributed by atoms with E-state index in [9.17, 15) is 9.59 Å². The third-order valence-corrected chi connectivity index (χ3v) is 3.45. The molecule has 1 aromatic carbocycles. The summed E-state index contributed by atoms with van der Waals surface area (Å²) >= 11 is 1.66. The van der Waals surface area contributed by atoms with Gasteiger partial charge in [0, 0.05) is 11.4 Å². The summed E-state index contributed by atoms with van der Waals surface area (Å²) in [4.78, 5) is 25.7. The zero-order chi connectivity index (χ0) is 13.1. The SMILES string of the molecule is CCN1C(=O)N/C(=C/c2ccc(SC)cc2)C1=O. The molecule has 1 aromatic rings. The van der Waals surface area contributed by atoms with Gasteiger partial charge in [-0.15, -0.1) is 11.8 Å². The van der Waals surface area contributed by atoms with Gasteiger partial charge in [-0.25, -0.2) is 4.79 Å². The highest BCUT2D eigenvalue weighted by Crippen LogP contribution is 2.18. The van der Waals surface area contributed by atoms with E-state index in [2.05, 4.69) is 5.32 Å². The number of nitrogens with zero attached hydrogens (tertiary/aromatic N) is 1. The molecular weight excluding hydrogens is 248 g/mol. The Hall–Kier alpha value is -1.75. The molecule has 0 saturated carbocycles. The average molecular weight is 262 g/mol. The van der Waals surface area contributed by atoms with Gasteiger partial charge < -0.3 is 5.32 Å². The monoisotopic (exact) mass is 262 g/mol. The van der Waals surface area contributed by atoms with Crippen LogP contribution in [0.5, 0.6) is 0 Å². The number of thioether (sulfide) groups is 1. The minimum absolute atomic E-state index is 0.267. The first kappa shape index (κ1) is 12.7. The van der Waals surface area contributed by atoms with Gasteiger partial charge in [0.05, 0.1) is 0 Å². The van der Waals surface area contributed by atoms with Gasteiger partial charge in [0.2, 0.25) is 0 Å². The van der Waals surface area contributed by atoms with E-state index in [1.165, 1.54) is 4.90 Å². The van der Waals surface area contributed by atoms with Crippen molar-refractivity contribution in [2.75, 3.05) is 12.8 Å². The Morgan fingerprint density at radius 2 is 1.94 bits per heavy atom. The van der Waals surface area contributed by atoms with Crippen molar-refractivity contribution in [3.05, 3.63) is 35.5 Å². The van der Waals surface area contributed by atoms with Crippen LogP contribution >= 0.6 is 11.8 Å².